The van der Waals surface area contributed by atoms with E-state index in [1.165, 1.54) is 24.3 Å². The smallest absolute Gasteiger partial charge is 0.191 e. The van der Waals surface area contributed by atoms with Crippen molar-refractivity contribution in [2.75, 3.05) is 33.7 Å². The third kappa shape index (κ3) is 4.86. The summed E-state index contributed by atoms with van der Waals surface area (Å²) in [6.07, 6.45) is 6.70. The van der Waals surface area contributed by atoms with Gasteiger partial charge in [0.05, 0.1) is 0 Å². The second kappa shape index (κ2) is 9.06. The lowest BCUT2D eigenvalue weighted by Crippen LogP contribution is -2.45. The third-order valence-corrected chi connectivity index (χ3v) is 5.87. The first-order chi connectivity index (χ1) is 12.3. The highest BCUT2D eigenvalue weighted by atomic mass is 32.1. The summed E-state index contributed by atoms with van der Waals surface area (Å²) in [6.45, 7) is 3.95. The van der Waals surface area contributed by atoms with Gasteiger partial charge in [0, 0.05) is 50.0 Å². The lowest BCUT2D eigenvalue weighted by Gasteiger charge is -2.39. The number of hydrogen-bond acceptors (Lipinski definition) is 3. The van der Waals surface area contributed by atoms with Crippen LogP contribution in [0.1, 0.15) is 23.8 Å². The monoisotopic (exact) mass is 359 g/mol. The highest BCUT2D eigenvalue weighted by Crippen LogP contribution is 2.36. The lowest BCUT2D eigenvalue weighted by molar-refractivity contribution is 0.125. The van der Waals surface area contributed by atoms with Crippen LogP contribution in [0, 0.1) is 5.92 Å². The van der Waals surface area contributed by atoms with E-state index >= 15 is 0 Å². The third-order valence-electron chi connectivity index (χ3n) is 4.93. The Morgan fingerprint density at radius 2 is 2.12 bits per heavy atom. The number of hydrogen-bond donors (Lipinski definition) is 2. The fraction of sp³-hybridized carbons (Fsp3) is 0.526. The maximum Gasteiger partial charge on any atom is 0.191 e. The van der Waals surface area contributed by atoms with E-state index in [4.69, 9.17) is 0 Å². The second-order valence-corrected chi connectivity index (χ2v) is 7.62. The molecule has 0 saturated carbocycles. The molecule has 1 aliphatic heterocycles. The molecule has 1 saturated heterocycles. The molecule has 136 valence electrons. The molecule has 0 aliphatic carbocycles. The summed E-state index contributed by atoms with van der Waals surface area (Å²) in [7, 11) is 4.09. The summed E-state index contributed by atoms with van der Waals surface area (Å²) >= 11 is 1.87. The van der Waals surface area contributed by atoms with Crippen molar-refractivity contribution in [3.63, 3.8) is 0 Å². The predicted molar refractivity (Wildman–Crippen MR) is 106 cm³/mol. The van der Waals surface area contributed by atoms with Crippen LogP contribution in [0.3, 0.4) is 0 Å². The molecule has 5 nitrogen and oxygen atoms in total. The summed E-state index contributed by atoms with van der Waals surface area (Å²) in [5.41, 5.74) is 0. The Hall–Kier alpha value is -1.79. The molecule has 1 aliphatic rings. The van der Waals surface area contributed by atoms with Crippen molar-refractivity contribution in [2.45, 2.75) is 25.4 Å². The molecule has 3 rings (SSSR count). The Balaban J connectivity index is 1.51. The molecule has 0 spiro atoms. The van der Waals surface area contributed by atoms with Crippen LogP contribution in [0.4, 0.5) is 0 Å². The quantitative estimate of drug-likeness (QED) is 0.616. The molecule has 2 aromatic heterocycles. The van der Waals surface area contributed by atoms with Gasteiger partial charge in [-0.2, -0.15) is 0 Å². The molecule has 2 unspecified atom stereocenters. The fourth-order valence-electron chi connectivity index (χ4n) is 3.65. The topological polar surface area (TPSA) is 44.6 Å². The Morgan fingerprint density at radius 3 is 2.84 bits per heavy atom. The number of nitrogens with zero attached hydrogens (tertiary/aromatic N) is 3. The molecule has 25 heavy (non-hydrogen) atoms. The molecule has 0 bridgehead atoms. The van der Waals surface area contributed by atoms with E-state index in [1.807, 2.05) is 18.4 Å². The minimum atomic E-state index is 0.513. The number of aromatic nitrogens is 1. The van der Waals surface area contributed by atoms with E-state index in [9.17, 15) is 0 Å². The van der Waals surface area contributed by atoms with Gasteiger partial charge in [-0.3, -0.25) is 9.89 Å². The maximum atomic E-state index is 4.37. The van der Waals surface area contributed by atoms with Gasteiger partial charge in [0.25, 0.3) is 0 Å². The largest absolute Gasteiger partial charge is 0.356 e. The van der Waals surface area contributed by atoms with Crippen LogP contribution in [-0.4, -0.2) is 49.2 Å². The molecule has 0 aromatic carbocycles. The number of nitrogens with one attached hydrogen (secondary N) is 2. The molecular formula is C19H29N5S. The molecule has 0 amide bonds. The van der Waals surface area contributed by atoms with Crippen molar-refractivity contribution in [2.24, 2.45) is 10.9 Å². The van der Waals surface area contributed by atoms with Gasteiger partial charge in [-0.05, 0) is 55.9 Å². The SMILES string of the molecule is CN=C(NCCn1cccc1)NCC1CCCN(C)C1c1cccs1. The summed E-state index contributed by atoms with van der Waals surface area (Å²) in [6, 6.07) is 9.05. The predicted octanol–water partition coefficient (Wildman–Crippen LogP) is 2.80. The average Bonchev–Trinajstić information content (AvgIpc) is 3.31. The van der Waals surface area contributed by atoms with Crippen molar-refractivity contribution in [1.82, 2.24) is 20.1 Å². The van der Waals surface area contributed by atoms with E-state index in [-0.39, 0.29) is 0 Å². The van der Waals surface area contributed by atoms with Crippen LogP contribution in [-0.2, 0) is 6.54 Å². The number of thiophene rings is 1. The maximum absolute atomic E-state index is 4.37. The fourth-order valence-corrected chi connectivity index (χ4v) is 4.64. The highest BCUT2D eigenvalue weighted by molar-refractivity contribution is 7.10. The zero-order valence-corrected chi connectivity index (χ0v) is 16.0. The minimum Gasteiger partial charge on any atom is -0.356 e. The van der Waals surface area contributed by atoms with Crippen molar-refractivity contribution >= 4 is 17.3 Å². The van der Waals surface area contributed by atoms with Gasteiger partial charge in [0.15, 0.2) is 5.96 Å². The van der Waals surface area contributed by atoms with E-state index < -0.39 is 0 Å². The van der Waals surface area contributed by atoms with Crippen molar-refractivity contribution < 1.29 is 0 Å². The van der Waals surface area contributed by atoms with E-state index in [2.05, 4.69) is 74.2 Å². The van der Waals surface area contributed by atoms with Gasteiger partial charge >= 0.3 is 0 Å². The van der Waals surface area contributed by atoms with Crippen molar-refractivity contribution in [1.29, 1.82) is 0 Å². The highest BCUT2D eigenvalue weighted by Gasteiger charge is 2.31. The molecule has 2 atom stereocenters. The average molecular weight is 360 g/mol. The van der Waals surface area contributed by atoms with Gasteiger partial charge in [-0.15, -0.1) is 11.3 Å². The molecular weight excluding hydrogens is 330 g/mol. The van der Waals surface area contributed by atoms with E-state index in [1.54, 1.807) is 0 Å². The first kappa shape index (κ1) is 18.0. The summed E-state index contributed by atoms with van der Waals surface area (Å²) in [5.74, 6) is 1.51. The molecule has 2 N–H and O–H groups in total. The van der Waals surface area contributed by atoms with Crippen LogP contribution >= 0.6 is 11.3 Å². The van der Waals surface area contributed by atoms with Gasteiger partial charge in [-0.25, -0.2) is 0 Å². The lowest BCUT2D eigenvalue weighted by atomic mass is 9.88. The zero-order valence-electron chi connectivity index (χ0n) is 15.2. The Kier molecular flexibility index (Phi) is 6.53. The van der Waals surface area contributed by atoms with Gasteiger partial charge in [0.1, 0.15) is 0 Å². The zero-order chi connectivity index (χ0) is 17.5. The standard InChI is InChI=1S/C19H29N5S/c1-20-19(21-9-13-24-11-3-4-12-24)22-15-16-7-5-10-23(2)18(16)17-8-6-14-25-17/h3-4,6,8,11-12,14,16,18H,5,7,9-10,13,15H2,1-2H3,(H2,20,21,22). The van der Waals surface area contributed by atoms with Crippen LogP contribution in [0.2, 0.25) is 0 Å². The van der Waals surface area contributed by atoms with Crippen LogP contribution < -0.4 is 10.6 Å². The number of rotatable bonds is 6. The first-order valence-electron chi connectivity index (χ1n) is 9.07. The number of guanidine groups is 1. The number of likely N-dealkylation sites (tertiary alicyclic amines) is 1. The van der Waals surface area contributed by atoms with Gasteiger partial charge < -0.3 is 15.2 Å². The van der Waals surface area contributed by atoms with Gasteiger partial charge in [0.2, 0.25) is 0 Å². The minimum absolute atomic E-state index is 0.513. The second-order valence-electron chi connectivity index (χ2n) is 6.64. The summed E-state index contributed by atoms with van der Waals surface area (Å²) in [5, 5.41) is 9.14. The molecule has 2 aromatic rings. The molecule has 1 fully saturated rings. The normalized spacial score (nSPS) is 22.1. The first-order valence-corrected chi connectivity index (χ1v) is 9.95. The molecule has 6 heteroatoms. The van der Waals surface area contributed by atoms with Crippen molar-refractivity contribution in [3.05, 3.63) is 46.9 Å². The molecule has 3 heterocycles. The molecule has 0 radical (unpaired) electrons. The Morgan fingerprint density at radius 1 is 1.28 bits per heavy atom. The van der Waals surface area contributed by atoms with Crippen LogP contribution in [0.25, 0.3) is 0 Å². The summed E-state index contributed by atoms with van der Waals surface area (Å²) < 4.78 is 2.17. The number of piperidine rings is 1. The summed E-state index contributed by atoms with van der Waals surface area (Å²) in [4.78, 5) is 8.35. The van der Waals surface area contributed by atoms with Gasteiger partial charge in [-0.1, -0.05) is 6.07 Å². The Labute approximate surface area is 154 Å². The number of aliphatic imine (C=N–C) groups is 1. The van der Waals surface area contributed by atoms with Crippen LogP contribution in [0.5, 0.6) is 0 Å². The van der Waals surface area contributed by atoms with E-state index in [0.29, 0.717) is 12.0 Å². The van der Waals surface area contributed by atoms with Crippen molar-refractivity contribution in [3.8, 4) is 0 Å². The van der Waals surface area contributed by atoms with Crippen LogP contribution in [0.15, 0.2) is 47.0 Å². The van der Waals surface area contributed by atoms with E-state index in [0.717, 1.165) is 25.6 Å². The Bertz CT molecular complexity index is 635.